The number of sulfonamides is 1. The fraction of sp³-hybridized carbons (Fsp3) is 0.333. The molecule has 0 aromatic heterocycles. The third kappa shape index (κ3) is 5.46. The molecule has 0 saturated carbocycles. The fourth-order valence-electron chi connectivity index (χ4n) is 3.42. The van der Waals surface area contributed by atoms with Crippen molar-refractivity contribution in [3.63, 3.8) is 0 Å². The maximum absolute atomic E-state index is 13.0. The van der Waals surface area contributed by atoms with Gasteiger partial charge >= 0.3 is 5.97 Å². The van der Waals surface area contributed by atoms with E-state index in [-0.39, 0.29) is 35.0 Å². The van der Waals surface area contributed by atoms with Crippen molar-refractivity contribution in [3.8, 4) is 5.75 Å². The summed E-state index contributed by atoms with van der Waals surface area (Å²) in [6.07, 6.45) is 0.727. The third-order valence-electron chi connectivity index (χ3n) is 5.12. The molecule has 0 aliphatic carbocycles. The Kier molecular flexibility index (Phi) is 7.29. The molecule has 33 heavy (non-hydrogen) atoms. The van der Waals surface area contributed by atoms with Crippen LogP contribution < -0.4 is 10.1 Å². The molecule has 1 fully saturated rings. The number of nitrogens with one attached hydrogen (secondary N) is 1. The number of nitro groups is 1. The van der Waals surface area contributed by atoms with Crippen molar-refractivity contribution in [1.82, 2.24) is 4.31 Å². The highest BCUT2D eigenvalue weighted by Gasteiger charge is 2.40. The van der Waals surface area contributed by atoms with Crippen LogP contribution in [0.3, 0.4) is 0 Å². The second kappa shape index (κ2) is 9.96. The van der Waals surface area contributed by atoms with Crippen LogP contribution in [0.15, 0.2) is 47.4 Å². The van der Waals surface area contributed by atoms with E-state index in [0.717, 1.165) is 15.9 Å². The zero-order valence-electron chi connectivity index (χ0n) is 18.0. The number of benzene rings is 2. The summed E-state index contributed by atoms with van der Waals surface area (Å²) in [4.78, 5) is 35.4. The number of carbonyl (C=O) groups excluding carboxylic acids is 2. The topological polar surface area (TPSA) is 145 Å². The van der Waals surface area contributed by atoms with Gasteiger partial charge in [0.2, 0.25) is 10.0 Å². The summed E-state index contributed by atoms with van der Waals surface area (Å²) in [5, 5.41) is 13.5. The largest absolute Gasteiger partial charge is 0.496 e. The number of nitro benzene ring substituents is 1. The predicted octanol–water partition coefficient (Wildman–Crippen LogP) is 2.25. The first kappa shape index (κ1) is 24.1. The second-order valence-corrected chi connectivity index (χ2v) is 9.27. The average molecular weight is 477 g/mol. The van der Waals surface area contributed by atoms with E-state index in [9.17, 15) is 28.1 Å². The van der Waals surface area contributed by atoms with E-state index >= 15 is 0 Å². The van der Waals surface area contributed by atoms with Gasteiger partial charge in [0.1, 0.15) is 17.5 Å². The van der Waals surface area contributed by atoms with Gasteiger partial charge in [0.05, 0.1) is 23.0 Å². The molecule has 0 unspecified atom stereocenters. The van der Waals surface area contributed by atoms with Crippen molar-refractivity contribution in [2.75, 3.05) is 25.6 Å². The van der Waals surface area contributed by atoms with Gasteiger partial charge in [0.15, 0.2) is 6.61 Å². The van der Waals surface area contributed by atoms with Gasteiger partial charge in [-0.1, -0.05) is 17.7 Å². The molecule has 11 nitrogen and oxygen atoms in total. The minimum Gasteiger partial charge on any atom is -0.496 e. The van der Waals surface area contributed by atoms with Crippen molar-refractivity contribution >= 4 is 33.3 Å². The molecule has 0 spiro atoms. The standard InChI is InChI=1S/C21H23N3O8S/c1-14-5-8-16(9-6-14)33(29,30)23-11-3-4-18(23)21(26)32-13-20(25)22-17-10-7-15(31-2)12-19(17)24(27)28/h5-10,12,18H,3-4,11,13H2,1-2H3,(H,22,25)/t18-/m0/s1. The molecule has 1 N–H and O–H groups in total. The molecule has 2 aromatic rings. The number of aryl methyl sites for hydroxylation is 1. The van der Waals surface area contributed by atoms with Crippen molar-refractivity contribution in [3.05, 3.63) is 58.1 Å². The van der Waals surface area contributed by atoms with Crippen molar-refractivity contribution in [1.29, 1.82) is 0 Å². The lowest BCUT2D eigenvalue weighted by Gasteiger charge is -2.22. The van der Waals surface area contributed by atoms with Crippen molar-refractivity contribution in [2.24, 2.45) is 0 Å². The van der Waals surface area contributed by atoms with Crippen LogP contribution >= 0.6 is 0 Å². The Balaban J connectivity index is 1.65. The fourth-order valence-corrected chi connectivity index (χ4v) is 5.07. The summed E-state index contributed by atoms with van der Waals surface area (Å²) in [6.45, 7) is 1.26. The third-order valence-corrected chi connectivity index (χ3v) is 7.05. The quantitative estimate of drug-likeness (QED) is 0.346. The lowest BCUT2D eigenvalue weighted by atomic mass is 10.2. The Morgan fingerprint density at radius 3 is 2.55 bits per heavy atom. The Bertz CT molecular complexity index is 1160. The van der Waals surface area contributed by atoms with Gasteiger partial charge in [0.25, 0.3) is 11.6 Å². The van der Waals surface area contributed by atoms with Gasteiger partial charge in [-0.2, -0.15) is 4.31 Å². The molecule has 12 heteroatoms. The van der Waals surface area contributed by atoms with Crippen LogP contribution in [0.1, 0.15) is 18.4 Å². The normalized spacial score (nSPS) is 16.2. The molecule has 0 bridgehead atoms. The molecular formula is C21H23N3O8S. The molecule has 2 aromatic carbocycles. The number of rotatable bonds is 8. The number of hydrogen-bond donors (Lipinski definition) is 1. The molecule has 3 rings (SSSR count). The van der Waals surface area contributed by atoms with Crippen LogP contribution in [-0.2, 0) is 24.3 Å². The molecule has 1 atom stereocenters. The highest BCUT2D eigenvalue weighted by Crippen LogP contribution is 2.29. The predicted molar refractivity (Wildman–Crippen MR) is 117 cm³/mol. The van der Waals surface area contributed by atoms with Crippen LogP contribution in [0.5, 0.6) is 5.75 Å². The van der Waals surface area contributed by atoms with Crippen LogP contribution in [-0.4, -0.2) is 55.8 Å². The number of nitrogens with zero attached hydrogens (tertiary/aromatic N) is 2. The van der Waals surface area contributed by atoms with Gasteiger partial charge in [-0.3, -0.25) is 19.7 Å². The molecule has 1 aliphatic rings. The highest BCUT2D eigenvalue weighted by molar-refractivity contribution is 7.89. The minimum absolute atomic E-state index is 0.0670. The van der Waals surface area contributed by atoms with Crippen LogP contribution in [0.25, 0.3) is 0 Å². The number of amides is 1. The van der Waals surface area contributed by atoms with E-state index in [1.54, 1.807) is 12.1 Å². The van der Waals surface area contributed by atoms with Crippen LogP contribution in [0.2, 0.25) is 0 Å². The summed E-state index contributed by atoms with van der Waals surface area (Å²) >= 11 is 0. The zero-order valence-corrected chi connectivity index (χ0v) is 18.8. The summed E-state index contributed by atoms with van der Waals surface area (Å²) in [7, 11) is -2.56. The average Bonchev–Trinajstić information content (AvgIpc) is 3.29. The smallest absolute Gasteiger partial charge is 0.324 e. The Morgan fingerprint density at radius 2 is 1.91 bits per heavy atom. The second-order valence-electron chi connectivity index (χ2n) is 7.38. The van der Waals surface area contributed by atoms with E-state index in [2.05, 4.69) is 5.32 Å². The Hall–Kier alpha value is -3.51. The lowest BCUT2D eigenvalue weighted by molar-refractivity contribution is -0.384. The molecule has 1 aliphatic heterocycles. The van der Waals surface area contributed by atoms with Gasteiger partial charge in [-0.05, 0) is 44.0 Å². The molecule has 176 valence electrons. The van der Waals surface area contributed by atoms with Gasteiger partial charge in [-0.15, -0.1) is 0 Å². The van der Waals surface area contributed by atoms with E-state index in [4.69, 9.17) is 9.47 Å². The maximum atomic E-state index is 13.0. The number of methoxy groups -OCH3 is 1. The lowest BCUT2D eigenvalue weighted by Crippen LogP contribution is -2.42. The van der Waals surface area contributed by atoms with Crippen molar-refractivity contribution in [2.45, 2.75) is 30.7 Å². The molecule has 1 amide bonds. The summed E-state index contributed by atoms with van der Waals surface area (Å²) in [5.41, 5.74) is 0.418. The first-order valence-corrected chi connectivity index (χ1v) is 11.4. The van der Waals surface area contributed by atoms with E-state index in [0.29, 0.717) is 6.42 Å². The number of ether oxygens (including phenoxy) is 2. The molecule has 1 saturated heterocycles. The van der Waals surface area contributed by atoms with Gasteiger partial charge < -0.3 is 14.8 Å². The Labute approximate surface area is 190 Å². The first-order valence-electron chi connectivity index (χ1n) is 10.0. The van der Waals surface area contributed by atoms with Crippen molar-refractivity contribution < 1.29 is 32.4 Å². The maximum Gasteiger partial charge on any atom is 0.324 e. The zero-order chi connectivity index (χ0) is 24.2. The first-order chi connectivity index (χ1) is 15.6. The minimum atomic E-state index is -3.91. The van der Waals surface area contributed by atoms with E-state index in [1.807, 2.05) is 6.92 Å². The number of carbonyl (C=O) groups is 2. The van der Waals surface area contributed by atoms with Gasteiger partial charge in [-0.25, -0.2) is 8.42 Å². The van der Waals surface area contributed by atoms with Crippen LogP contribution in [0, 0.1) is 17.0 Å². The number of anilines is 1. The summed E-state index contributed by atoms with van der Waals surface area (Å²) < 4.78 is 37.0. The summed E-state index contributed by atoms with van der Waals surface area (Å²) in [6, 6.07) is 9.09. The summed E-state index contributed by atoms with van der Waals surface area (Å²) in [5.74, 6) is -1.42. The van der Waals surface area contributed by atoms with Gasteiger partial charge in [0, 0.05) is 6.54 Å². The Morgan fingerprint density at radius 1 is 1.21 bits per heavy atom. The molecule has 1 heterocycles. The SMILES string of the molecule is COc1ccc(NC(=O)COC(=O)[C@@H]2CCCN2S(=O)(=O)c2ccc(C)cc2)c([N+](=O)[O-])c1. The van der Waals surface area contributed by atoms with E-state index in [1.165, 1.54) is 31.4 Å². The van der Waals surface area contributed by atoms with Crippen LogP contribution in [0.4, 0.5) is 11.4 Å². The highest BCUT2D eigenvalue weighted by atomic mass is 32.2. The monoisotopic (exact) mass is 477 g/mol. The van der Waals surface area contributed by atoms with E-state index < -0.39 is 39.5 Å². The number of hydrogen-bond acceptors (Lipinski definition) is 8. The molecular weight excluding hydrogens is 454 g/mol. The molecule has 0 radical (unpaired) electrons. The number of esters is 1.